The first-order valence-corrected chi connectivity index (χ1v) is 9.25. The van der Waals surface area contributed by atoms with E-state index in [0.29, 0.717) is 31.3 Å². The van der Waals surface area contributed by atoms with Gasteiger partial charge >= 0.3 is 0 Å². The predicted octanol–water partition coefficient (Wildman–Crippen LogP) is 1.51. The number of rotatable bonds is 5. The van der Waals surface area contributed by atoms with Gasteiger partial charge in [-0.25, -0.2) is 0 Å². The highest BCUT2D eigenvalue weighted by Crippen LogP contribution is 2.56. The van der Waals surface area contributed by atoms with Crippen molar-refractivity contribution in [3.05, 3.63) is 30.1 Å². The van der Waals surface area contributed by atoms with E-state index in [-0.39, 0.29) is 11.8 Å². The van der Waals surface area contributed by atoms with Crippen LogP contribution in [0, 0.1) is 11.8 Å². The predicted molar refractivity (Wildman–Crippen MR) is 91.4 cm³/mol. The van der Waals surface area contributed by atoms with Crippen molar-refractivity contribution >= 4 is 11.8 Å². The zero-order valence-electron chi connectivity index (χ0n) is 14.4. The van der Waals surface area contributed by atoms with Gasteiger partial charge in [0.1, 0.15) is 5.54 Å². The number of hydrogen-bond donors (Lipinski definition) is 1. The monoisotopic (exact) mass is 343 g/mol. The quantitative estimate of drug-likeness (QED) is 0.880. The Hall–Kier alpha value is -1.95. The Balaban J connectivity index is 1.38. The summed E-state index contributed by atoms with van der Waals surface area (Å²) in [6, 6.07) is 3.80. The number of fused-ring (bicyclic) bond motifs is 1. The molecule has 3 fully saturated rings. The van der Waals surface area contributed by atoms with Crippen molar-refractivity contribution < 1.29 is 14.3 Å². The maximum Gasteiger partial charge on any atom is 0.246 e. The number of aromatic nitrogens is 1. The average Bonchev–Trinajstić information content (AvgIpc) is 3.26. The second-order valence-electron chi connectivity index (χ2n) is 7.46. The first kappa shape index (κ1) is 16.5. The molecule has 2 unspecified atom stereocenters. The van der Waals surface area contributed by atoms with Gasteiger partial charge in [0.25, 0.3) is 0 Å². The number of nitrogens with zero attached hydrogens (tertiary/aromatic N) is 2. The van der Waals surface area contributed by atoms with Crippen LogP contribution in [0.2, 0.25) is 0 Å². The summed E-state index contributed by atoms with van der Waals surface area (Å²) in [5.74, 6) is 0.872. The van der Waals surface area contributed by atoms with E-state index in [1.807, 2.05) is 17.0 Å². The minimum atomic E-state index is -0.579. The Morgan fingerprint density at radius 2 is 2.16 bits per heavy atom. The van der Waals surface area contributed by atoms with Crippen LogP contribution in [-0.4, -0.2) is 47.0 Å². The minimum absolute atomic E-state index is 0.000759. The number of amides is 2. The standard InChI is InChI=1S/C19H25N3O3/c23-17(10-14-4-8-25-9-5-14)22-7-3-16-11-19(16,22)18(24)21-13-15-2-1-6-20-12-15/h1-2,6,12,14,16H,3-5,7-11,13H2,(H,21,24). The molecule has 6 nitrogen and oxygen atoms in total. The summed E-state index contributed by atoms with van der Waals surface area (Å²) in [6.45, 7) is 2.67. The van der Waals surface area contributed by atoms with Crippen LogP contribution in [0.5, 0.6) is 0 Å². The molecule has 25 heavy (non-hydrogen) atoms. The number of pyridine rings is 1. The van der Waals surface area contributed by atoms with Crippen LogP contribution in [0.15, 0.2) is 24.5 Å². The van der Waals surface area contributed by atoms with Gasteiger partial charge in [-0.15, -0.1) is 0 Å². The normalized spacial score (nSPS) is 28.5. The van der Waals surface area contributed by atoms with Gasteiger partial charge < -0.3 is 15.0 Å². The van der Waals surface area contributed by atoms with Crippen molar-refractivity contribution in [2.24, 2.45) is 11.8 Å². The molecule has 0 bridgehead atoms. The third-order valence-corrected chi connectivity index (χ3v) is 5.93. The Bertz CT molecular complexity index is 645. The van der Waals surface area contributed by atoms with Crippen molar-refractivity contribution in [3.63, 3.8) is 0 Å². The van der Waals surface area contributed by atoms with Crippen LogP contribution < -0.4 is 5.32 Å². The number of nitrogens with one attached hydrogen (secondary N) is 1. The summed E-state index contributed by atoms with van der Waals surface area (Å²) in [5, 5.41) is 3.02. The first-order valence-electron chi connectivity index (χ1n) is 9.25. The highest BCUT2D eigenvalue weighted by Gasteiger charge is 2.68. The van der Waals surface area contributed by atoms with Gasteiger partial charge in [-0.3, -0.25) is 14.6 Å². The second kappa shape index (κ2) is 6.75. The van der Waals surface area contributed by atoms with Gasteiger partial charge in [-0.1, -0.05) is 6.07 Å². The number of carbonyl (C=O) groups is 2. The fourth-order valence-electron chi connectivity index (χ4n) is 4.37. The Kier molecular flexibility index (Phi) is 4.46. The molecule has 134 valence electrons. The lowest BCUT2D eigenvalue weighted by atomic mass is 9.95. The third kappa shape index (κ3) is 3.15. The van der Waals surface area contributed by atoms with Crippen LogP contribution in [0.4, 0.5) is 0 Å². The summed E-state index contributed by atoms with van der Waals surface area (Å²) < 4.78 is 5.37. The minimum Gasteiger partial charge on any atom is -0.381 e. The highest BCUT2D eigenvalue weighted by atomic mass is 16.5. The topological polar surface area (TPSA) is 71.5 Å². The van der Waals surface area contributed by atoms with E-state index < -0.39 is 5.54 Å². The van der Waals surface area contributed by atoms with E-state index in [1.165, 1.54) is 0 Å². The lowest BCUT2D eigenvalue weighted by Gasteiger charge is -2.30. The molecular formula is C19H25N3O3. The summed E-state index contributed by atoms with van der Waals surface area (Å²) in [5.41, 5.74) is 0.396. The zero-order chi connectivity index (χ0) is 17.3. The van der Waals surface area contributed by atoms with E-state index in [9.17, 15) is 9.59 Å². The number of likely N-dealkylation sites (tertiary alicyclic amines) is 1. The lowest BCUT2D eigenvalue weighted by molar-refractivity contribution is -0.142. The van der Waals surface area contributed by atoms with Gasteiger partial charge in [0.2, 0.25) is 11.8 Å². The molecule has 2 atom stereocenters. The molecule has 0 spiro atoms. The largest absolute Gasteiger partial charge is 0.381 e. The summed E-state index contributed by atoms with van der Waals surface area (Å²) in [6.07, 6.45) is 7.67. The molecule has 2 saturated heterocycles. The molecule has 0 aromatic carbocycles. The molecule has 4 rings (SSSR count). The number of carbonyl (C=O) groups excluding carboxylic acids is 2. The molecule has 2 aliphatic heterocycles. The van der Waals surface area contributed by atoms with Crippen LogP contribution in [-0.2, 0) is 20.9 Å². The SMILES string of the molecule is O=C(CC1CCOCC1)N1CCC2CC21C(=O)NCc1cccnc1. The first-order chi connectivity index (χ1) is 12.2. The maximum atomic E-state index is 12.8. The van der Waals surface area contributed by atoms with Crippen LogP contribution in [0.3, 0.4) is 0 Å². The van der Waals surface area contributed by atoms with Gasteiger partial charge in [0.15, 0.2) is 0 Å². The van der Waals surface area contributed by atoms with Crippen LogP contribution in [0.1, 0.15) is 37.7 Å². The molecular weight excluding hydrogens is 318 g/mol. The highest BCUT2D eigenvalue weighted by molar-refractivity contribution is 5.95. The second-order valence-corrected chi connectivity index (χ2v) is 7.46. The number of hydrogen-bond acceptors (Lipinski definition) is 4. The van der Waals surface area contributed by atoms with Crippen molar-refractivity contribution in [1.29, 1.82) is 0 Å². The molecule has 1 aromatic rings. The molecule has 1 aromatic heterocycles. The molecule has 1 aliphatic carbocycles. The summed E-state index contributed by atoms with van der Waals surface area (Å²) >= 11 is 0. The lowest BCUT2D eigenvalue weighted by Crippen LogP contribution is -2.50. The molecule has 1 saturated carbocycles. The van der Waals surface area contributed by atoms with Crippen LogP contribution in [0.25, 0.3) is 0 Å². The smallest absolute Gasteiger partial charge is 0.246 e. The Morgan fingerprint density at radius 3 is 2.88 bits per heavy atom. The fourth-order valence-corrected chi connectivity index (χ4v) is 4.37. The van der Waals surface area contributed by atoms with Gasteiger partial charge in [-0.05, 0) is 49.1 Å². The van der Waals surface area contributed by atoms with Crippen molar-refractivity contribution in [2.45, 2.75) is 44.2 Å². The molecule has 1 N–H and O–H groups in total. The molecule has 2 amide bonds. The Labute approximate surface area is 147 Å². The van der Waals surface area contributed by atoms with Gasteiger partial charge in [0, 0.05) is 45.1 Å². The Morgan fingerprint density at radius 1 is 1.32 bits per heavy atom. The van der Waals surface area contributed by atoms with E-state index in [1.54, 1.807) is 12.4 Å². The number of ether oxygens (including phenoxy) is 1. The van der Waals surface area contributed by atoms with Gasteiger partial charge in [-0.2, -0.15) is 0 Å². The maximum absolute atomic E-state index is 12.8. The average molecular weight is 343 g/mol. The number of piperidine rings is 1. The van der Waals surface area contributed by atoms with Crippen molar-refractivity contribution in [1.82, 2.24) is 15.2 Å². The molecule has 3 aliphatic rings. The van der Waals surface area contributed by atoms with E-state index in [4.69, 9.17) is 4.74 Å². The van der Waals surface area contributed by atoms with Crippen molar-refractivity contribution in [2.75, 3.05) is 19.8 Å². The van der Waals surface area contributed by atoms with Crippen LogP contribution >= 0.6 is 0 Å². The zero-order valence-corrected chi connectivity index (χ0v) is 14.4. The molecule has 0 radical (unpaired) electrons. The molecule has 3 heterocycles. The van der Waals surface area contributed by atoms with E-state index in [0.717, 1.165) is 44.5 Å². The molecule has 6 heteroatoms. The van der Waals surface area contributed by atoms with E-state index in [2.05, 4.69) is 10.3 Å². The fraction of sp³-hybridized carbons (Fsp3) is 0.632. The summed E-state index contributed by atoms with van der Waals surface area (Å²) in [7, 11) is 0. The summed E-state index contributed by atoms with van der Waals surface area (Å²) in [4.78, 5) is 31.6. The van der Waals surface area contributed by atoms with Gasteiger partial charge in [0.05, 0.1) is 0 Å². The van der Waals surface area contributed by atoms with E-state index >= 15 is 0 Å². The van der Waals surface area contributed by atoms with Crippen molar-refractivity contribution in [3.8, 4) is 0 Å². The third-order valence-electron chi connectivity index (χ3n) is 5.93.